The second kappa shape index (κ2) is 11.8. The first kappa shape index (κ1) is 24.7. The van der Waals surface area contributed by atoms with Crippen LogP contribution in [-0.4, -0.2) is 41.9 Å². The number of hydrogen-bond acceptors (Lipinski definition) is 5. The van der Waals surface area contributed by atoms with Crippen molar-refractivity contribution in [3.8, 4) is 0 Å². The first-order valence-corrected chi connectivity index (χ1v) is 12.0. The van der Waals surface area contributed by atoms with Gasteiger partial charge in [-0.2, -0.15) is 0 Å². The Morgan fingerprint density at radius 3 is 2.42 bits per heavy atom. The van der Waals surface area contributed by atoms with Gasteiger partial charge in [0.05, 0.1) is 6.04 Å². The van der Waals surface area contributed by atoms with E-state index in [0.29, 0.717) is 12.7 Å². The SMILES string of the molecule is NC(=O)OC(CC1CCCCC1)C(=O)NC(C=O)CCC(=O)NC1(Cc2ccccc2)CC1. The van der Waals surface area contributed by atoms with Crippen LogP contribution in [0.3, 0.4) is 0 Å². The lowest BCUT2D eigenvalue weighted by atomic mass is 9.85. The summed E-state index contributed by atoms with van der Waals surface area (Å²) in [6, 6.07) is 9.17. The van der Waals surface area contributed by atoms with E-state index in [1.54, 1.807) is 0 Å². The molecule has 8 nitrogen and oxygen atoms in total. The molecule has 180 valence electrons. The van der Waals surface area contributed by atoms with Crippen LogP contribution in [0, 0.1) is 5.92 Å². The number of hydrogen-bond donors (Lipinski definition) is 3. The Kier molecular flexibility index (Phi) is 8.86. The van der Waals surface area contributed by atoms with Gasteiger partial charge >= 0.3 is 6.09 Å². The van der Waals surface area contributed by atoms with E-state index < -0.39 is 24.1 Å². The third kappa shape index (κ3) is 8.18. The number of nitrogens with two attached hydrogens (primary N) is 1. The van der Waals surface area contributed by atoms with Crippen molar-refractivity contribution in [2.75, 3.05) is 0 Å². The molecule has 1 aromatic rings. The van der Waals surface area contributed by atoms with E-state index in [-0.39, 0.29) is 30.2 Å². The number of nitrogens with one attached hydrogen (secondary N) is 2. The van der Waals surface area contributed by atoms with Gasteiger partial charge in [0.1, 0.15) is 6.29 Å². The monoisotopic (exact) mass is 457 g/mol. The second-order valence-corrected chi connectivity index (χ2v) is 9.45. The van der Waals surface area contributed by atoms with Crippen molar-refractivity contribution in [2.24, 2.45) is 11.7 Å². The minimum Gasteiger partial charge on any atom is -0.436 e. The normalized spacial score (nSPS) is 19.0. The predicted octanol–water partition coefficient (Wildman–Crippen LogP) is 2.78. The average molecular weight is 458 g/mol. The van der Waals surface area contributed by atoms with E-state index in [1.807, 2.05) is 30.3 Å². The summed E-state index contributed by atoms with van der Waals surface area (Å²) in [6.45, 7) is 0. The summed E-state index contributed by atoms with van der Waals surface area (Å²) in [4.78, 5) is 48.1. The lowest BCUT2D eigenvalue weighted by Gasteiger charge is -2.26. The Bertz CT molecular complexity index is 819. The lowest BCUT2D eigenvalue weighted by molar-refractivity contribution is -0.133. The van der Waals surface area contributed by atoms with Gasteiger partial charge in [-0.1, -0.05) is 62.4 Å². The number of aldehydes is 1. The van der Waals surface area contributed by atoms with Crippen LogP contribution in [0.4, 0.5) is 4.79 Å². The molecule has 0 radical (unpaired) electrons. The molecule has 2 atom stereocenters. The Balaban J connectivity index is 1.46. The summed E-state index contributed by atoms with van der Waals surface area (Å²) < 4.78 is 5.05. The van der Waals surface area contributed by atoms with Crippen LogP contribution < -0.4 is 16.4 Å². The molecular formula is C25H35N3O5. The zero-order valence-corrected chi connectivity index (χ0v) is 19.1. The summed E-state index contributed by atoms with van der Waals surface area (Å²) in [5, 5.41) is 5.71. The van der Waals surface area contributed by atoms with Crippen LogP contribution in [-0.2, 0) is 25.5 Å². The lowest BCUT2D eigenvalue weighted by Crippen LogP contribution is -2.46. The summed E-state index contributed by atoms with van der Waals surface area (Å²) in [7, 11) is 0. The van der Waals surface area contributed by atoms with Crippen molar-refractivity contribution in [3.05, 3.63) is 35.9 Å². The number of primary amides is 1. The van der Waals surface area contributed by atoms with Gasteiger partial charge in [0, 0.05) is 12.0 Å². The van der Waals surface area contributed by atoms with E-state index in [9.17, 15) is 19.2 Å². The molecule has 2 aliphatic rings. The molecule has 3 amide bonds. The molecule has 2 saturated carbocycles. The molecule has 0 aliphatic heterocycles. The Labute approximate surface area is 195 Å². The van der Waals surface area contributed by atoms with E-state index in [2.05, 4.69) is 10.6 Å². The van der Waals surface area contributed by atoms with Crippen LogP contribution in [0.2, 0.25) is 0 Å². The minimum absolute atomic E-state index is 0.115. The van der Waals surface area contributed by atoms with Gasteiger partial charge < -0.3 is 25.9 Å². The summed E-state index contributed by atoms with van der Waals surface area (Å²) in [5.74, 6) is -0.398. The van der Waals surface area contributed by atoms with Gasteiger partial charge in [0.15, 0.2) is 6.10 Å². The summed E-state index contributed by atoms with van der Waals surface area (Å²) in [6.07, 6.45) is 7.20. The van der Waals surface area contributed by atoms with E-state index in [0.717, 1.165) is 44.9 Å². The van der Waals surface area contributed by atoms with Crippen LogP contribution in [0.1, 0.15) is 69.8 Å². The molecule has 0 aromatic heterocycles. The highest BCUT2D eigenvalue weighted by Gasteiger charge is 2.43. The number of ether oxygens (including phenoxy) is 1. The molecule has 2 aliphatic carbocycles. The van der Waals surface area contributed by atoms with E-state index in [1.165, 1.54) is 12.0 Å². The number of carbonyl (C=O) groups is 4. The Morgan fingerprint density at radius 2 is 1.82 bits per heavy atom. The Morgan fingerprint density at radius 1 is 1.12 bits per heavy atom. The predicted molar refractivity (Wildman–Crippen MR) is 123 cm³/mol. The van der Waals surface area contributed by atoms with Crippen molar-refractivity contribution < 1.29 is 23.9 Å². The highest BCUT2D eigenvalue weighted by Crippen LogP contribution is 2.38. The number of benzene rings is 1. The fraction of sp³-hybridized carbons (Fsp3) is 0.600. The van der Waals surface area contributed by atoms with Gasteiger partial charge in [-0.05, 0) is 43.6 Å². The molecule has 0 spiro atoms. The van der Waals surface area contributed by atoms with Gasteiger partial charge in [0.25, 0.3) is 5.91 Å². The van der Waals surface area contributed by atoms with Gasteiger partial charge in [-0.15, -0.1) is 0 Å². The van der Waals surface area contributed by atoms with Crippen molar-refractivity contribution in [2.45, 2.75) is 88.3 Å². The highest BCUT2D eigenvalue weighted by atomic mass is 16.6. The highest BCUT2D eigenvalue weighted by molar-refractivity contribution is 5.85. The van der Waals surface area contributed by atoms with Crippen molar-refractivity contribution in [1.29, 1.82) is 0 Å². The standard InChI is InChI=1S/C25H35N3O5/c26-24(32)33-21(15-18-7-3-1-4-8-18)23(31)27-20(17-29)11-12-22(30)28-25(13-14-25)16-19-9-5-2-6-10-19/h2,5-6,9-10,17-18,20-21H,1,3-4,7-8,11-16H2,(H2,26,32)(H,27,31)(H,28,30). The molecule has 33 heavy (non-hydrogen) atoms. The molecular weight excluding hydrogens is 422 g/mol. The number of amides is 3. The number of carbonyl (C=O) groups excluding carboxylic acids is 4. The average Bonchev–Trinajstić information content (AvgIpc) is 3.55. The Hall–Kier alpha value is -2.90. The largest absolute Gasteiger partial charge is 0.436 e. The van der Waals surface area contributed by atoms with E-state index in [4.69, 9.17) is 10.5 Å². The fourth-order valence-electron chi connectivity index (χ4n) is 4.65. The smallest absolute Gasteiger partial charge is 0.405 e. The molecule has 0 heterocycles. The topological polar surface area (TPSA) is 128 Å². The van der Waals surface area contributed by atoms with Gasteiger partial charge in [0.2, 0.25) is 5.91 Å². The first-order chi connectivity index (χ1) is 15.9. The second-order valence-electron chi connectivity index (χ2n) is 9.45. The van der Waals surface area contributed by atoms with Crippen LogP contribution >= 0.6 is 0 Å². The first-order valence-electron chi connectivity index (χ1n) is 12.0. The zero-order chi connectivity index (χ0) is 23.7. The summed E-state index contributed by atoms with van der Waals surface area (Å²) >= 11 is 0. The summed E-state index contributed by atoms with van der Waals surface area (Å²) in [5.41, 5.74) is 6.12. The molecule has 3 rings (SSSR count). The molecule has 8 heteroatoms. The molecule has 2 fully saturated rings. The van der Waals surface area contributed by atoms with Crippen molar-refractivity contribution in [1.82, 2.24) is 10.6 Å². The molecule has 1 aromatic carbocycles. The fourth-order valence-corrected chi connectivity index (χ4v) is 4.65. The van der Waals surface area contributed by atoms with Crippen LogP contribution in [0.25, 0.3) is 0 Å². The number of rotatable bonds is 12. The molecule has 0 bridgehead atoms. The molecule has 2 unspecified atom stereocenters. The maximum Gasteiger partial charge on any atom is 0.405 e. The third-order valence-corrected chi connectivity index (χ3v) is 6.64. The van der Waals surface area contributed by atoms with Crippen molar-refractivity contribution in [3.63, 3.8) is 0 Å². The van der Waals surface area contributed by atoms with Gasteiger partial charge in [-0.3, -0.25) is 9.59 Å². The zero-order valence-electron chi connectivity index (χ0n) is 19.1. The molecule has 4 N–H and O–H groups in total. The van der Waals surface area contributed by atoms with Gasteiger partial charge in [-0.25, -0.2) is 4.79 Å². The maximum absolute atomic E-state index is 12.7. The van der Waals surface area contributed by atoms with Crippen LogP contribution in [0.5, 0.6) is 0 Å². The van der Waals surface area contributed by atoms with E-state index >= 15 is 0 Å². The minimum atomic E-state index is -1.03. The molecule has 0 saturated heterocycles. The van der Waals surface area contributed by atoms with Crippen LogP contribution in [0.15, 0.2) is 30.3 Å². The quantitative estimate of drug-likeness (QED) is 0.416. The maximum atomic E-state index is 12.7. The van der Waals surface area contributed by atoms with Crippen molar-refractivity contribution >= 4 is 24.2 Å². The third-order valence-electron chi connectivity index (χ3n) is 6.64.